The fourth-order valence-electron chi connectivity index (χ4n) is 2.16. The van der Waals surface area contributed by atoms with Gasteiger partial charge in [0, 0.05) is 19.3 Å². The first kappa shape index (κ1) is 13.1. The molecule has 0 radical (unpaired) electrons. The number of anilines is 1. The first-order valence-corrected chi connectivity index (χ1v) is 6.96. The van der Waals surface area contributed by atoms with Crippen LogP contribution in [-0.4, -0.2) is 27.4 Å². The maximum absolute atomic E-state index is 11.3. The molecule has 0 saturated heterocycles. The van der Waals surface area contributed by atoms with E-state index in [1.807, 2.05) is 16.5 Å². The van der Waals surface area contributed by atoms with E-state index in [1.54, 1.807) is 19.5 Å². The lowest BCUT2D eigenvalue weighted by atomic mass is 10.3. The fraction of sp³-hybridized carbons (Fsp3) is 0.154. The molecular formula is C13H11IN4O2. The van der Waals surface area contributed by atoms with Crippen molar-refractivity contribution in [2.75, 3.05) is 12.4 Å². The van der Waals surface area contributed by atoms with Crippen molar-refractivity contribution < 1.29 is 9.53 Å². The maximum Gasteiger partial charge on any atom is 0.223 e. The van der Waals surface area contributed by atoms with Crippen LogP contribution < -0.4 is 10.1 Å². The molecule has 0 fully saturated rings. The molecule has 3 aromatic heterocycles. The van der Waals surface area contributed by atoms with Gasteiger partial charge < -0.3 is 4.74 Å². The third-order valence-electron chi connectivity index (χ3n) is 2.94. The largest absolute Gasteiger partial charge is 0.496 e. The number of hydrogen-bond donors (Lipinski definition) is 1. The summed E-state index contributed by atoms with van der Waals surface area (Å²) < 4.78 is 8.22. The average molecular weight is 382 g/mol. The molecule has 3 rings (SSSR count). The van der Waals surface area contributed by atoms with Gasteiger partial charge in [0.1, 0.15) is 5.75 Å². The molecule has 3 aromatic rings. The summed E-state index contributed by atoms with van der Waals surface area (Å²) in [5.74, 6) is 1.02. The number of halogens is 1. The minimum Gasteiger partial charge on any atom is -0.496 e. The summed E-state index contributed by atoms with van der Waals surface area (Å²) in [5, 5.41) is 3.63. The molecule has 0 aromatic carbocycles. The Balaban J connectivity index is 2.46. The number of carbonyl (C=O) groups excluding carboxylic acids is 1. The highest BCUT2D eigenvalue weighted by Gasteiger charge is 2.17. The van der Waals surface area contributed by atoms with Gasteiger partial charge in [-0.25, -0.2) is 9.97 Å². The van der Waals surface area contributed by atoms with Crippen LogP contribution in [0.2, 0.25) is 0 Å². The second-order valence-electron chi connectivity index (χ2n) is 4.20. The van der Waals surface area contributed by atoms with Crippen molar-refractivity contribution in [3.05, 3.63) is 28.1 Å². The number of carbonyl (C=O) groups is 1. The van der Waals surface area contributed by atoms with E-state index >= 15 is 0 Å². The number of nitrogens with one attached hydrogen (secondary N) is 1. The molecule has 0 saturated carbocycles. The molecule has 0 spiro atoms. The molecule has 0 aliphatic rings. The van der Waals surface area contributed by atoms with Gasteiger partial charge in [0.05, 0.1) is 21.6 Å². The van der Waals surface area contributed by atoms with E-state index in [9.17, 15) is 4.79 Å². The highest BCUT2D eigenvalue weighted by atomic mass is 127. The molecule has 7 heteroatoms. The van der Waals surface area contributed by atoms with Crippen molar-refractivity contribution in [3.8, 4) is 5.75 Å². The van der Waals surface area contributed by atoms with Crippen LogP contribution in [0, 0.1) is 3.57 Å². The number of aromatic nitrogens is 3. The number of amides is 1. The standard InChI is InChI=1S/C13H11IN4O2/c1-7(19)17-13-16-5-3-8-11(14)10-9(20-2)4-6-15-12(10)18(8)13/h3-6H,1-2H3,(H,16,17,19). The quantitative estimate of drug-likeness (QED) is 0.692. The number of rotatable bonds is 2. The number of nitrogens with zero attached hydrogens (tertiary/aromatic N) is 3. The van der Waals surface area contributed by atoms with Gasteiger partial charge in [-0.15, -0.1) is 0 Å². The molecule has 1 N–H and O–H groups in total. The van der Waals surface area contributed by atoms with Crippen molar-refractivity contribution in [1.82, 2.24) is 14.4 Å². The van der Waals surface area contributed by atoms with Gasteiger partial charge in [-0.1, -0.05) is 0 Å². The lowest BCUT2D eigenvalue weighted by Crippen LogP contribution is -2.11. The van der Waals surface area contributed by atoms with Gasteiger partial charge in [0.25, 0.3) is 0 Å². The molecule has 20 heavy (non-hydrogen) atoms. The van der Waals surface area contributed by atoms with Crippen LogP contribution in [0.4, 0.5) is 5.95 Å². The monoisotopic (exact) mass is 382 g/mol. The Kier molecular flexibility index (Phi) is 3.20. The van der Waals surface area contributed by atoms with Crippen LogP contribution in [0.1, 0.15) is 6.92 Å². The predicted octanol–water partition coefficient (Wildman–Crippen LogP) is 2.45. The molecule has 0 unspecified atom stereocenters. The summed E-state index contributed by atoms with van der Waals surface area (Å²) in [7, 11) is 1.63. The van der Waals surface area contributed by atoms with E-state index in [2.05, 4.69) is 37.9 Å². The zero-order valence-corrected chi connectivity index (χ0v) is 13.0. The van der Waals surface area contributed by atoms with Crippen LogP contribution >= 0.6 is 22.6 Å². The van der Waals surface area contributed by atoms with E-state index in [-0.39, 0.29) is 5.91 Å². The summed E-state index contributed by atoms with van der Waals surface area (Å²) in [6.07, 6.45) is 3.34. The number of ether oxygens (including phenoxy) is 1. The summed E-state index contributed by atoms with van der Waals surface area (Å²) >= 11 is 2.25. The van der Waals surface area contributed by atoms with Crippen LogP contribution in [-0.2, 0) is 4.79 Å². The highest BCUT2D eigenvalue weighted by molar-refractivity contribution is 14.1. The van der Waals surface area contributed by atoms with E-state index in [0.29, 0.717) is 11.6 Å². The van der Waals surface area contributed by atoms with E-state index in [1.165, 1.54) is 6.92 Å². The van der Waals surface area contributed by atoms with Crippen molar-refractivity contribution >= 4 is 51.0 Å². The van der Waals surface area contributed by atoms with Gasteiger partial charge in [-0.2, -0.15) is 0 Å². The van der Waals surface area contributed by atoms with Crippen LogP contribution in [0.25, 0.3) is 16.6 Å². The number of fused-ring (bicyclic) bond motifs is 3. The molecule has 0 aliphatic carbocycles. The molecular weight excluding hydrogens is 371 g/mol. The first-order valence-electron chi connectivity index (χ1n) is 5.88. The van der Waals surface area contributed by atoms with Crippen molar-refractivity contribution in [3.63, 3.8) is 0 Å². The van der Waals surface area contributed by atoms with Crippen LogP contribution in [0.15, 0.2) is 24.5 Å². The van der Waals surface area contributed by atoms with E-state index in [0.717, 1.165) is 20.2 Å². The summed E-state index contributed by atoms with van der Waals surface area (Å²) in [6, 6.07) is 3.70. The summed E-state index contributed by atoms with van der Waals surface area (Å²) in [5.41, 5.74) is 1.64. The Hall–Kier alpha value is -1.90. The van der Waals surface area contributed by atoms with Gasteiger partial charge in [0.2, 0.25) is 11.9 Å². The second-order valence-corrected chi connectivity index (χ2v) is 5.27. The molecule has 0 atom stereocenters. The number of methoxy groups -OCH3 is 1. The number of hydrogen-bond acceptors (Lipinski definition) is 4. The van der Waals surface area contributed by atoms with Gasteiger partial charge in [0.15, 0.2) is 5.65 Å². The normalized spacial score (nSPS) is 10.9. The minimum absolute atomic E-state index is 0.176. The Morgan fingerprint density at radius 2 is 2.10 bits per heavy atom. The average Bonchev–Trinajstić information content (AvgIpc) is 2.73. The molecule has 102 valence electrons. The molecule has 0 bridgehead atoms. The molecule has 1 amide bonds. The molecule has 6 nitrogen and oxygen atoms in total. The SMILES string of the molecule is COc1ccnc2c1c(I)c1ccnc(NC(C)=O)n12. The van der Waals surface area contributed by atoms with Crippen molar-refractivity contribution in [1.29, 1.82) is 0 Å². The van der Waals surface area contributed by atoms with Crippen molar-refractivity contribution in [2.45, 2.75) is 6.92 Å². The van der Waals surface area contributed by atoms with E-state index in [4.69, 9.17) is 4.74 Å². The Morgan fingerprint density at radius 1 is 1.35 bits per heavy atom. The predicted molar refractivity (Wildman–Crippen MR) is 84.1 cm³/mol. The number of pyridine rings is 1. The van der Waals surface area contributed by atoms with Crippen LogP contribution in [0.3, 0.4) is 0 Å². The topological polar surface area (TPSA) is 68.5 Å². The van der Waals surface area contributed by atoms with E-state index < -0.39 is 0 Å². The van der Waals surface area contributed by atoms with Gasteiger partial charge in [-0.05, 0) is 34.7 Å². The highest BCUT2D eigenvalue weighted by Crippen LogP contribution is 2.34. The fourth-order valence-corrected chi connectivity index (χ4v) is 3.09. The minimum atomic E-state index is -0.176. The maximum atomic E-state index is 11.3. The van der Waals surface area contributed by atoms with Crippen LogP contribution in [0.5, 0.6) is 5.75 Å². The van der Waals surface area contributed by atoms with Gasteiger partial charge in [-0.3, -0.25) is 14.5 Å². The molecule has 3 heterocycles. The smallest absolute Gasteiger partial charge is 0.223 e. The zero-order chi connectivity index (χ0) is 14.3. The first-order chi connectivity index (χ1) is 9.63. The zero-order valence-electron chi connectivity index (χ0n) is 10.8. The van der Waals surface area contributed by atoms with Crippen molar-refractivity contribution in [2.24, 2.45) is 0 Å². The summed E-state index contributed by atoms with van der Waals surface area (Å²) in [6.45, 7) is 1.45. The third-order valence-corrected chi connectivity index (χ3v) is 4.03. The molecule has 0 aliphatic heterocycles. The third kappa shape index (κ3) is 1.89. The summed E-state index contributed by atoms with van der Waals surface area (Å²) in [4.78, 5) is 19.9. The lowest BCUT2D eigenvalue weighted by molar-refractivity contribution is -0.114. The lowest BCUT2D eigenvalue weighted by Gasteiger charge is -2.05. The Labute approximate surface area is 128 Å². The Bertz CT molecular complexity index is 828. The Morgan fingerprint density at radius 3 is 2.80 bits per heavy atom. The van der Waals surface area contributed by atoms with Gasteiger partial charge >= 0.3 is 0 Å². The second kappa shape index (κ2) is 4.89.